The van der Waals surface area contributed by atoms with Crippen molar-refractivity contribution in [3.63, 3.8) is 0 Å². The summed E-state index contributed by atoms with van der Waals surface area (Å²) in [5.74, 6) is 1.38. The number of carbonyl (C=O) groups is 1. The first kappa shape index (κ1) is 14.8. The molecule has 0 spiro atoms. The van der Waals surface area contributed by atoms with E-state index >= 15 is 0 Å². The van der Waals surface area contributed by atoms with Crippen LogP contribution in [0.2, 0.25) is 0 Å². The molecule has 3 rings (SSSR count). The summed E-state index contributed by atoms with van der Waals surface area (Å²) in [5, 5.41) is 0. The van der Waals surface area contributed by atoms with Crippen LogP contribution in [0.4, 0.5) is 0 Å². The van der Waals surface area contributed by atoms with Crippen molar-refractivity contribution in [3.05, 3.63) is 58.9 Å². The molecule has 1 aromatic carbocycles. The van der Waals surface area contributed by atoms with E-state index in [1.165, 1.54) is 10.3 Å². The molecule has 0 saturated heterocycles. The number of benzene rings is 1. The molecule has 4 nitrogen and oxygen atoms in total. The number of aromatic nitrogens is 1. The molecule has 114 valence electrons. The second-order valence-corrected chi connectivity index (χ2v) is 5.83. The average molecular weight is 315 g/mol. The Labute approximate surface area is 134 Å². The molecule has 1 saturated carbocycles. The van der Waals surface area contributed by atoms with Crippen LogP contribution in [0.1, 0.15) is 24.3 Å². The lowest BCUT2D eigenvalue weighted by Gasteiger charge is -2.07. The lowest BCUT2D eigenvalue weighted by atomic mass is 10.1. The molecule has 2 aromatic rings. The number of carbonyl (C=O) groups excluding carboxylic acids is 1. The predicted molar refractivity (Wildman–Crippen MR) is 85.3 cm³/mol. The Morgan fingerprint density at radius 2 is 2.05 bits per heavy atom. The smallest absolute Gasteiger partial charge is 0.333 e. The van der Waals surface area contributed by atoms with Gasteiger partial charge in [0.25, 0.3) is 0 Å². The van der Waals surface area contributed by atoms with Crippen LogP contribution in [-0.2, 0) is 4.79 Å². The summed E-state index contributed by atoms with van der Waals surface area (Å²) in [6.07, 6.45) is 3.07. The number of rotatable bonds is 5. The summed E-state index contributed by atoms with van der Waals surface area (Å²) in [6.45, 7) is 0. The summed E-state index contributed by atoms with van der Waals surface area (Å²) < 4.78 is 6.97. The number of nitrogens with zero attached hydrogens (tertiary/aromatic N) is 1. The van der Waals surface area contributed by atoms with E-state index in [1.807, 2.05) is 18.2 Å². The van der Waals surface area contributed by atoms with Crippen LogP contribution in [0.25, 0.3) is 0 Å². The number of methoxy groups -OCH3 is 1. The third-order valence-electron chi connectivity index (χ3n) is 3.88. The molecular formula is C17H17NO3S. The molecule has 0 aliphatic heterocycles. The van der Waals surface area contributed by atoms with Gasteiger partial charge in [-0.3, -0.25) is 0 Å². The van der Waals surface area contributed by atoms with Gasteiger partial charge in [-0.2, -0.15) is 4.73 Å². The third-order valence-corrected chi connectivity index (χ3v) is 4.20. The van der Waals surface area contributed by atoms with E-state index in [1.54, 1.807) is 25.4 Å². The SMILES string of the molecule is COc1ccc([C@H]2C[C@@H]2CC(=O)On2ccccc2=S)cc1. The van der Waals surface area contributed by atoms with Gasteiger partial charge >= 0.3 is 5.97 Å². The van der Waals surface area contributed by atoms with Crippen molar-refractivity contribution >= 4 is 18.2 Å². The summed E-state index contributed by atoms with van der Waals surface area (Å²) in [5.41, 5.74) is 1.25. The highest BCUT2D eigenvalue weighted by Gasteiger charge is 2.40. The van der Waals surface area contributed by atoms with E-state index in [0.717, 1.165) is 12.2 Å². The monoisotopic (exact) mass is 315 g/mol. The van der Waals surface area contributed by atoms with Gasteiger partial charge in [0.2, 0.25) is 0 Å². The van der Waals surface area contributed by atoms with Crippen LogP contribution in [0.3, 0.4) is 0 Å². The van der Waals surface area contributed by atoms with Gasteiger partial charge in [0.1, 0.15) is 10.4 Å². The fraction of sp³-hybridized carbons (Fsp3) is 0.294. The lowest BCUT2D eigenvalue weighted by molar-refractivity contribution is -0.144. The summed E-state index contributed by atoms with van der Waals surface area (Å²) in [7, 11) is 1.65. The molecule has 2 atom stereocenters. The van der Waals surface area contributed by atoms with Crippen molar-refractivity contribution in [2.75, 3.05) is 7.11 Å². The second kappa shape index (κ2) is 6.32. The minimum Gasteiger partial charge on any atom is -0.497 e. The van der Waals surface area contributed by atoms with Crippen molar-refractivity contribution in [2.45, 2.75) is 18.8 Å². The van der Waals surface area contributed by atoms with E-state index in [2.05, 4.69) is 12.1 Å². The first-order chi connectivity index (χ1) is 10.7. The molecule has 1 aliphatic carbocycles. The van der Waals surface area contributed by atoms with Crippen LogP contribution in [0.5, 0.6) is 5.75 Å². The van der Waals surface area contributed by atoms with Gasteiger partial charge in [-0.05, 0) is 48.1 Å². The standard InChI is InChI=1S/C17H17NO3S/c1-20-14-7-5-12(6-8-14)15-10-13(15)11-17(19)21-18-9-3-2-4-16(18)22/h2-9,13,15H,10-11H2,1H3/t13-,15-/m1/s1. The fourth-order valence-corrected chi connectivity index (χ4v) is 2.76. The third kappa shape index (κ3) is 3.36. The van der Waals surface area contributed by atoms with Gasteiger partial charge in [0.05, 0.1) is 13.5 Å². The summed E-state index contributed by atoms with van der Waals surface area (Å²) in [4.78, 5) is 17.3. The number of hydrogen-bond donors (Lipinski definition) is 0. The Morgan fingerprint density at radius 1 is 1.27 bits per heavy atom. The Morgan fingerprint density at radius 3 is 2.73 bits per heavy atom. The first-order valence-electron chi connectivity index (χ1n) is 7.20. The molecule has 22 heavy (non-hydrogen) atoms. The van der Waals surface area contributed by atoms with Gasteiger partial charge in [-0.1, -0.05) is 30.4 Å². The van der Waals surface area contributed by atoms with Gasteiger partial charge in [-0.15, -0.1) is 0 Å². The molecule has 1 aliphatic rings. The zero-order valence-corrected chi connectivity index (χ0v) is 13.1. The van der Waals surface area contributed by atoms with Crippen LogP contribution in [-0.4, -0.2) is 17.8 Å². The van der Waals surface area contributed by atoms with Crippen LogP contribution < -0.4 is 9.57 Å². The molecule has 1 fully saturated rings. The Kier molecular flexibility index (Phi) is 4.24. The quantitative estimate of drug-likeness (QED) is 0.793. The van der Waals surface area contributed by atoms with Gasteiger partial charge < -0.3 is 9.57 Å². The van der Waals surface area contributed by atoms with E-state index in [0.29, 0.717) is 22.9 Å². The molecule has 0 amide bonds. The average Bonchev–Trinajstić information content (AvgIpc) is 3.29. The molecule has 0 N–H and O–H groups in total. The van der Waals surface area contributed by atoms with Crippen LogP contribution in [0, 0.1) is 10.6 Å². The van der Waals surface area contributed by atoms with E-state index in [-0.39, 0.29) is 5.97 Å². The highest BCUT2D eigenvalue weighted by atomic mass is 32.1. The Balaban J connectivity index is 1.55. The first-order valence-corrected chi connectivity index (χ1v) is 7.61. The van der Waals surface area contributed by atoms with Gasteiger partial charge in [0, 0.05) is 6.20 Å². The van der Waals surface area contributed by atoms with Crippen LogP contribution in [0.15, 0.2) is 48.7 Å². The maximum Gasteiger partial charge on any atom is 0.333 e. The molecule has 0 unspecified atom stereocenters. The van der Waals surface area contributed by atoms with E-state index in [9.17, 15) is 4.79 Å². The summed E-state index contributed by atoms with van der Waals surface area (Å²) in [6, 6.07) is 13.3. The van der Waals surface area contributed by atoms with Crippen molar-refractivity contribution in [3.8, 4) is 5.75 Å². The molecule has 1 heterocycles. The van der Waals surface area contributed by atoms with E-state index < -0.39 is 0 Å². The number of ether oxygens (including phenoxy) is 1. The molecular weight excluding hydrogens is 298 g/mol. The number of pyridine rings is 1. The van der Waals surface area contributed by atoms with Gasteiger partial charge in [0.15, 0.2) is 0 Å². The van der Waals surface area contributed by atoms with Crippen molar-refractivity contribution < 1.29 is 14.4 Å². The molecule has 5 heteroatoms. The Hall–Kier alpha value is -2.14. The molecule has 0 bridgehead atoms. The maximum absolute atomic E-state index is 12.0. The highest BCUT2D eigenvalue weighted by Crippen LogP contribution is 2.49. The lowest BCUT2D eigenvalue weighted by Crippen LogP contribution is -2.20. The Bertz CT molecular complexity index is 723. The zero-order chi connectivity index (χ0) is 15.5. The van der Waals surface area contributed by atoms with Crippen molar-refractivity contribution in [1.29, 1.82) is 0 Å². The predicted octanol–water partition coefficient (Wildman–Crippen LogP) is 3.38. The normalized spacial score (nSPS) is 19.5. The number of hydrogen-bond acceptors (Lipinski definition) is 4. The molecule has 1 aromatic heterocycles. The maximum atomic E-state index is 12.0. The fourth-order valence-electron chi connectivity index (χ4n) is 2.58. The van der Waals surface area contributed by atoms with E-state index in [4.69, 9.17) is 21.8 Å². The largest absolute Gasteiger partial charge is 0.497 e. The second-order valence-electron chi connectivity index (χ2n) is 5.41. The zero-order valence-electron chi connectivity index (χ0n) is 12.3. The summed E-state index contributed by atoms with van der Waals surface area (Å²) >= 11 is 5.10. The van der Waals surface area contributed by atoms with Crippen LogP contribution >= 0.6 is 12.2 Å². The molecule has 0 radical (unpaired) electrons. The minimum atomic E-state index is -0.247. The highest BCUT2D eigenvalue weighted by molar-refractivity contribution is 7.71. The minimum absolute atomic E-state index is 0.247. The van der Waals surface area contributed by atoms with Gasteiger partial charge in [-0.25, -0.2) is 4.79 Å². The van der Waals surface area contributed by atoms with Crippen molar-refractivity contribution in [1.82, 2.24) is 4.73 Å². The van der Waals surface area contributed by atoms with Crippen molar-refractivity contribution in [2.24, 2.45) is 5.92 Å². The topological polar surface area (TPSA) is 40.5 Å².